The summed E-state index contributed by atoms with van der Waals surface area (Å²) in [5.74, 6) is 0.811. The van der Waals surface area contributed by atoms with Crippen molar-refractivity contribution in [2.75, 3.05) is 25.1 Å². The first-order valence-electron chi connectivity index (χ1n) is 12.5. The minimum Gasteiger partial charge on any atom is -0.490 e. The van der Waals surface area contributed by atoms with Gasteiger partial charge in [0.2, 0.25) is 15.9 Å². The van der Waals surface area contributed by atoms with Gasteiger partial charge in [0.25, 0.3) is 5.91 Å². The van der Waals surface area contributed by atoms with Crippen LogP contribution in [0.3, 0.4) is 0 Å². The second-order valence-electron chi connectivity index (χ2n) is 8.34. The lowest BCUT2D eigenvalue weighted by atomic mass is 10.2. The van der Waals surface area contributed by atoms with E-state index in [2.05, 4.69) is 15.5 Å². The molecule has 0 aliphatic heterocycles. The van der Waals surface area contributed by atoms with Crippen LogP contribution in [0, 0.1) is 0 Å². The van der Waals surface area contributed by atoms with Crippen LogP contribution in [-0.4, -0.2) is 48.6 Å². The summed E-state index contributed by atoms with van der Waals surface area (Å²) in [6.07, 6.45) is 0. The van der Waals surface area contributed by atoms with Crippen molar-refractivity contribution in [1.29, 1.82) is 0 Å². The third-order valence-electron chi connectivity index (χ3n) is 5.74. The number of sulfonamides is 1. The van der Waals surface area contributed by atoms with E-state index in [-0.39, 0.29) is 28.9 Å². The maximum atomic E-state index is 13.2. The molecule has 0 radical (unpaired) electrons. The van der Waals surface area contributed by atoms with Gasteiger partial charge in [-0.2, -0.15) is 4.31 Å². The van der Waals surface area contributed by atoms with E-state index in [9.17, 15) is 13.2 Å². The van der Waals surface area contributed by atoms with Crippen LogP contribution in [0.15, 0.2) is 82.1 Å². The van der Waals surface area contributed by atoms with E-state index in [0.29, 0.717) is 36.8 Å². The number of carbonyl (C=O) groups excluding carboxylic acids is 1. The normalized spacial score (nSPS) is 11.4. The molecule has 0 aliphatic carbocycles. The van der Waals surface area contributed by atoms with Gasteiger partial charge in [0.1, 0.15) is 0 Å². The molecular weight excluding hydrogens is 520 g/mol. The lowest BCUT2D eigenvalue weighted by Crippen LogP contribution is -2.30. The number of nitrogens with zero attached hydrogens (tertiary/aromatic N) is 3. The molecule has 0 fully saturated rings. The zero-order chi connectivity index (χ0) is 27.8. The fraction of sp³-hybridized carbons (Fsp3) is 0.250. The molecule has 11 heteroatoms. The van der Waals surface area contributed by atoms with E-state index in [1.807, 2.05) is 44.2 Å². The van der Waals surface area contributed by atoms with E-state index in [1.165, 1.54) is 28.6 Å². The van der Waals surface area contributed by atoms with Crippen LogP contribution in [0.5, 0.6) is 11.5 Å². The predicted molar refractivity (Wildman–Crippen MR) is 146 cm³/mol. The predicted octanol–water partition coefficient (Wildman–Crippen LogP) is 5.00. The molecule has 39 heavy (non-hydrogen) atoms. The fourth-order valence-corrected chi connectivity index (χ4v) is 5.26. The second kappa shape index (κ2) is 12.5. The lowest BCUT2D eigenvalue weighted by molar-refractivity contribution is 0.102. The minimum atomic E-state index is -3.75. The van der Waals surface area contributed by atoms with Crippen LogP contribution in [0.1, 0.15) is 36.7 Å². The van der Waals surface area contributed by atoms with Crippen LogP contribution in [-0.2, 0) is 16.6 Å². The van der Waals surface area contributed by atoms with Crippen LogP contribution in [0.2, 0.25) is 0 Å². The number of anilines is 1. The molecule has 1 aromatic heterocycles. The van der Waals surface area contributed by atoms with Crippen molar-refractivity contribution >= 4 is 21.9 Å². The number of nitrogens with one attached hydrogen (secondary N) is 1. The van der Waals surface area contributed by atoms with Gasteiger partial charge in [0.05, 0.1) is 18.1 Å². The van der Waals surface area contributed by atoms with E-state index in [0.717, 1.165) is 5.56 Å². The van der Waals surface area contributed by atoms with Gasteiger partial charge in [-0.3, -0.25) is 10.1 Å². The zero-order valence-electron chi connectivity index (χ0n) is 22.0. The Morgan fingerprint density at radius 2 is 1.59 bits per heavy atom. The van der Waals surface area contributed by atoms with Crippen molar-refractivity contribution in [2.24, 2.45) is 0 Å². The Morgan fingerprint density at radius 1 is 0.897 bits per heavy atom. The van der Waals surface area contributed by atoms with Gasteiger partial charge in [-0.05, 0) is 61.9 Å². The topological polar surface area (TPSA) is 124 Å². The summed E-state index contributed by atoms with van der Waals surface area (Å²) >= 11 is 0. The van der Waals surface area contributed by atoms with Crippen molar-refractivity contribution in [3.8, 4) is 23.0 Å². The molecule has 0 saturated carbocycles. The van der Waals surface area contributed by atoms with Gasteiger partial charge in [0.15, 0.2) is 11.5 Å². The maximum absolute atomic E-state index is 13.2. The first kappa shape index (κ1) is 27.8. The van der Waals surface area contributed by atoms with Crippen LogP contribution in [0.4, 0.5) is 6.01 Å². The largest absolute Gasteiger partial charge is 0.490 e. The molecule has 204 valence electrons. The zero-order valence-corrected chi connectivity index (χ0v) is 22.8. The maximum Gasteiger partial charge on any atom is 0.322 e. The lowest BCUT2D eigenvalue weighted by Gasteiger charge is -2.20. The molecule has 0 unspecified atom stereocenters. The monoisotopic (exact) mass is 550 g/mol. The van der Waals surface area contributed by atoms with Gasteiger partial charge in [-0.1, -0.05) is 42.4 Å². The van der Waals surface area contributed by atoms with Gasteiger partial charge in [-0.25, -0.2) is 8.42 Å². The Labute approximate surface area is 227 Å². The summed E-state index contributed by atoms with van der Waals surface area (Å²) in [5, 5.41) is 10.5. The standard InChI is InChI=1S/C28H30N4O6S/c1-4-32(19-20-10-8-7-9-11-20)39(34,35)23-15-12-21(13-16-23)26(33)29-28-31-30-27(38-28)22-14-17-24(36-5-2)25(18-22)37-6-3/h7-18H,4-6,19H2,1-3H3,(H,29,31,33). The molecule has 0 bridgehead atoms. The highest BCUT2D eigenvalue weighted by atomic mass is 32.2. The van der Waals surface area contributed by atoms with Crippen LogP contribution in [0.25, 0.3) is 11.5 Å². The van der Waals surface area contributed by atoms with Crippen molar-refractivity contribution in [3.63, 3.8) is 0 Å². The Kier molecular flexibility index (Phi) is 8.95. The highest BCUT2D eigenvalue weighted by Gasteiger charge is 2.24. The molecule has 1 heterocycles. The summed E-state index contributed by atoms with van der Waals surface area (Å²) in [6, 6.07) is 20.2. The number of benzene rings is 3. The van der Waals surface area contributed by atoms with Crippen LogP contribution < -0.4 is 14.8 Å². The molecule has 1 amide bonds. The number of carbonyl (C=O) groups is 1. The summed E-state index contributed by atoms with van der Waals surface area (Å²) in [5.41, 5.74) is 1.72. The van der Waals surface area contributed by atoms with Crippen molar-refractivity contribution in [3.05, 3.63) is 83.9 Å². The highest BCUT2D eigenvalue weighted by molar-refractivity contribution is 7.89. The number of hydrogen-bond acceptors (Lipinski definition) is 8. The Balaban J connectivity index is 1.45. The fourth-order valence-electron chi connectivity index (χ4n) is 3.82. The van der Waals surface area contributed by atoms with Gasteiger partial charge >= 0.3 is 6.01 Å². The van der Waals surface area contributed by atoms with Crippen LogP contribution >= 0.6 is 0 Å². The number of amides is 1. The second-order valence-corrected chi connectivity index (χ2v) is 10.3. The highest BCUT2D eigenvalue weighted by Crippen LogP contribution is 2.33. The SMILES string of the molecule is CCOc1ccc(-c2nnc(NC(=O)c3ccc(S(=O)(=O)N(CC)Cc4ccccc4)cc3)o2)cc1OCC. The quantitative estimate of drug-likeness (QED) is 0.261. The summed E-state index contributed by atoms with van der Waals surface area (Å²) in [4.78, 5) is 12.9. The average Bonchev–Trinajstić information content (AvgIpc) is 3.42. The molecule has 0 saturated heterocycles. The summed E-state index contributed by atoms with van der Waals surface area (Å²) in [7, 11) is -3.75. The summed E-state index contributed by atoms with van der Waals surface area (Å²) in [6.45, 7) is 7.04. The van der Waals surface area contributed by atoms with E-state index in [4.69, 9.17) is 13.9 Å². The van der Waals surface area contributed by atoms with Gasteiger partial charge in [0, 0.05) is 24.2 Å². The van der Waals surface area contributed by atoms with Gasteiger partial charge < -0.3 is 13.9 Å². The van der Waals surface area contributed by atoms with E-state index >= 15 is 0 Å². The van der Waals surface area contributed by atoms with E-state index in [1.54, 1.807) is 25.1 Å². The third-order valence-corrected chi connectivity index (χ3v) is 7.68. The Morgan fingerprint density at radius 3 is 2.26 bits per heavy atom. The van der Waals surface area contributed by atoms with E-state index < -0.39 is 15.9 Å². The number of ether oxygens (including phenoxy) is 2. The first-order chi connectivity index (χ1) is 18.8. The molecule has 4 rings (SSSR count). The molecule has 4 aromatic rings. The Hall–Kier alpha value is -4.22. The van der Waals surface area contributed by atoms with Crippen molar-refractivity contribution in [1.82, 2.24) is 14.5 Å². The molecular formula is C28H30N4O6S. The molecule has 10 nitrogen and oxygen atoms in total. The summed E-state index contributed by atoms with van der Waals surface area (Å²) < 4.78 is 44.6. The number of rotatable bonds is 12. The average molecular weight is 551 g/mol. The van der Waals surface area contributed by atoms with Gasteiger partial charge in [-0.15, -0.1) is 5.10 Å². The van der Waals surface area contributed by atoms with Crippen molar-refractivity contribution in [2.45, 2.75) is 32.2 Å². The number of aromatic nitrogens is 2. The van der Waals surface area contributed by atoms with Crippen molar-refractivity contribution < 1.29 is 27.1 Å². The molecule has 0 spiro atoms. The smallest absolute Gasteiger partial charge is 0.322 e. The Bertz CT molecular complexity index is 1500. The number of hydrogen-bond donors (Lipinski definition) is 1. The third kappa shape index (κ3) is 6.62. The molecule has 1 N–H and O–H groups in total. The molecule has 3 aromatic carbocycles. The molecule has 0 atom stereocenters. The minimum absolute atomic E-state index is 0.0949. The molecule has 0 aliphatic rings. The first-order valence-corrected chi connectivity index (χ1v) is 14.0.